The van der Waals surface area contributed by atoms with Gasteiger partial charge in [0, 0.05) is 5.56 Å². The van der Waals surface area contributed by atoms with Crippen LogP contribution in [-0.2, 0) is 21.2 Å². The molecule has 3 aromatic rings. The van der Waals surface area contributed by atoms with Gasteiger partial charge in [-0.1, -0.05) is 48.5 Å². The van der Waals surface area contributed by atoms with E-state index in [1.54, 1.807) is 48.5 Å². The molecule has 3 aromatic carbocycles. The van der Waals surface area contributed by atoms with Crippen LogP contribution < -0.4 is 23.5 Å². The van der Waals surface area contributed by atoms with Crippen LogP contribution in [0.2, 0.25) is 0 Å². The van der Waals surface area contributed by atoms with Crippen LogP contribution in [0.15, 0.2) is 66.7 Å². The molecule has 0 bridgehead atoms. The van der Waals surface area contributed by atoms with Crippen molar-refractivity contribution < 1.29 is 52.6 Å². The first kappa shape index (κ1) is 24.5. The molecule has 0 aromatic heterocycles. The summed E-state index contributed by atoms with van der Waals surface area (Å²) >= 11 is 0. The van der Waals surface area contributed by atoms with E-state index in [4.69, 9.17) is 18.5 Å². The molecule has 1 aliphatic heterocycles. The van der Waals surface area contributed by atoms with Crippen LogP contribution in [0, 0.1) is 10.2 Å². The zero-order chi connectivity index (χ0) is 25.2. The molecular weight excluding hydrogens is 480 g/mol. The SMILES string of the molecule is COc1cc2c(cc1OC)C(Cc1ccccc1)(O[Cl+3]([O-])([O-])[O-])OC(c1ccccc1C(=O)O)=C2. The van der Waals surface area contributed by atoms with Crippen molar-refractivity contribution in [3.63, 3.8) is 0 Å². The molecule has 1 unspecified atom stereocenters. The molecule has 182 valence electrons. The summed E-state index contributed by atoms with van der Waals surface area (Å²) < 4.78 is 57.8. The van der Waals surface area contributed by atoms with Crippen LogP contribution in [0.4, 0.5) is 0 Å². The third kappa shape index (κ3) is 5.09. The summed E-state index contributed by atoms with van der Waals surface area (Å²) in [4.78, 5) is 11.9. The van der Waals surface area contributed by atoms with Crippen molar-refractivity contribution in [2.24, 2.45) is 0 Å². The van der Waals surface area contributed by atoms with Gasteiger partial charge in [-0.3, -0.25) is 0 Å². The van der Waals surface area contributed by atoms with Gasteiger partial charge < -0.3 is 19.3 Å². The number of hydrogen-bond acceptors (Lipinski definition) is 8. The van der Waals surface area contributed by atoms with E-state index in [1.807, 2.05) is 0 Å². The number of halogens is 1. The maximum atomic E-state index is 11.9. The maximum Gasteiger partial charge on any atom is 0.392 e. The highest BCUT2D eigenvalue weighted by molar-refractivity contribution is 5.96. The van der Waals surface area contributed by atoms with Crippen LogP contribution in [0.5, 0.6) is 11.5 Å². The van der Waals surface area contributed by atoms with E-state index in [0.29, 0.717) is 16.9 Å². The lowest BCUT2D eigenvalue weighted by Gasteiger charge is -2.35. The summed E-state index contributed by atoms with van der Waals surface area (Å²) in [6.07, 6.45) is 1.33. The van der Waals surface area contributed by atoms with Gasteiger partial charge in [-0.05, 0) is 35.4 Å². The maximum absolute atomic E-state index is 11.9. The minimum atomic E-state index is -4.98. The van der Waals surface area contributed by atoms with Gasteiger partial charge in [0.05, 0.1) is 42.0 Å². The van der Waals surface area contributed by atoms with Crippen molar-refractivity contribution in [2.75, 3.05) is 14.2 Å². The minimum Gasteiger partial charge on any atom is -0.493 e. The number of fused-ring (bicyclic) bond motifs is 1. The number of ether oxygens (including phenoxy) is 3. The van der Waals surface area contributed by atoms with E-state index in [0.717, 1.165) is 0 Å². The number of hydrogen-bond donors (Lipinski definition) is 1. The monoisotopic (exact) mass is 500 g/mol. The lowest BCUT2D eigenvalue weighted by atomic mass is 9.89. The molecule has 1 atom stereocenters. The molecule has 0 spiro atoms. The van der Waals surface area contributed by atoms with Gasteiger partial charge in [-0.2, -0.15) is 14.0 Å². The van der Waals surface area contributed by atoms with Gasteiger partial charge in [-0.15, -0.1) is 0 Å². The quantitative estimate of drug-likeness (QED) is 0.483. The van der Waals surface area contributed by atoms with Gasteiger partial charge in [0.25, 0.3) is 0 Å². The smallest absolute Gasteiger partial charge is 0.392 e. The number of benzene rings is 3. The molecule has 1 heterocycles. The molecule has 0 aliphatic carbocycles. The Morgan fingerprint density at radius 3 is 2.23 bits per heavy atom. The minimum absolute atomic E-state index is 0.00231. The number of rotatable bonds is 8. The molecule has 1 aliphatic rings. The van der Waals surface area contributed by atoms with E-state index in [1.165, 1.54) is 38.5 Å². The molecular formula is C25H21ClO9. The van der Waals surface area contributed by atoms with Crippen molar-refractivity contribution in [3.05, 3.63) is 94.5 Å². The summed E-state index contributed by atoms with van der Waals surface area (Å²) in [7, 11) is -2.15. The Kier molecular flexibility index (Phi) is 6.70. The highest BCUT2D eigenvalue weighted by Crippen LogP contribution is 2.47. The normalized spacial score (nSPS) is 17.1. The van der Waals surface area contributed by atoms with Crippen molar-refractivity contribution in [1.29, 1.82) is 0 Å². The number of carboxylic acid groups (broad SMARTS) is 1. The second-order valence-electron chi connectivity index (χ2n) is 7.63. The fourth-order valence-corrected chi connectivity index (χ4v) is 4.47. The van der Waals surface area contributed by atoms with Crippen molar-refractivity contribution in [3.8, 4) is 11.5 Å². The Morgan fingerprint density at radius 2 is 1.60 bits per heavy atom. The largest absolute Gasteiger partial charge is 0.493 e. The molecule has 0 saturated carbocycles. The van der Waals surface area contributed by atoms with Crippen molar-refractivity contribution in [1.82, 2.24) is 0 Å². The third-order valence-corrected chi connectivity index (χ3v) is 5.89. The van der Waals surface area contributed by atoms with Crippen LogP contribution in [-0.4, -0.2) is 25.3 Å². The number of methoxy groups -OCH3 is 2. The standard InChI is InChI=1S/C25H21ClO9/c1-32-22-13-17-12-21(18-10-6-7-11-19(18)24(27)28)34-25(35-26(29,30)31,20(17)14-23(22)33-2)15-16-8-4-3-5-9-16/h3-14H,15H2,1-2H3,(H,27,28). The average Bonchev–Trinajstić information content (AvgIpc) is 2.82. The molecule has 4 rings (SSSR count). The van der Waals surface area contributed by atoms with Crippen molar-refractivity contribution in [2.45, 2.75) is 12.2 Å². The van der Waals surface area contributed by atoms with Gasteiger partial charge in [0.15, 0.2) is 11.5 Å². The van der Waals surface area contributed by atoms with E-state index in [2.05, 4.69) is 0 Å². The zero-order valence-corrected chi connectivity index (χ0v) is 19.5. The molecule has 0 radical (unpaired) electrons. The molecule has 0 saturated heterocycles. The Morgan fingerprint density at radius 1 is 0.971 bits per heavy atom. The lowest BCUT2D eigenvalue weighted by Crippen LogP contribution is -2.64. The van der Waals surface area contributed by atoms with Gasteiger partial charge in [0.1, 0.15) is 10.0 Å². The predicted molar refractivity (Wildman–Crippen MR) is 115 cm³/mol. The topological polar surface area (TPSA) is 143 Å². The van der Waals surface area contributed by atoms with Crippen LogP contribution in [0.3, 0.4) is 0 Å². The number of carbonyl (C=O) groups is 1. The zero-order valence-electron chi connectivity index (χ0n) is 18.7. The van der Waals surface area contributed by atoms with Gasteiger partial charge in [0.2, 0.25) is 0 Å². The first-order valence-corrected chi connectivity index (χ1v) is 11.5. The Hall–Kier alpha value is -3.60. The predicted octanol–water partition coefficient (Wildman–Crippen LogP) is 1.24. The molecule has 9 nitrogen and oxygen atoms in total. The Labute approximate surface area is 203 Å². The van der Waals surface area contributed by atoms with E-state index < -0.39 is 22.0 Å². The second-order valence-corrected chi connectivity index (χ2v) is 8.54. The van der Waals surface area contributed by atoms with Gasteiger partial charge in [-0.25, -0.2) is 4.79 Å². The number of aromatic carboxylic acids is 1. The molecule has 1 N–H and O–H groups in total. The average molecular weight is 501 g/mol. The van der Waals surface area contributed by atoms with Crippen molar-refractivity contribution >= 4 is 17.8 Å². The summed E-state index contributed by atoms with van der Waals surface area (Å²) in [5.74, 6) is -2.82. The number of carboxylic acids is 1. The van der Waals surface area contributed by atoms with Crippen LogP contribution >= 0.6 is 0 Å². The molecule has 0 fully saturated rings. The molecule has 10 heteroatoms. The second kappa shape index (κ2) is 9.57. The fraction of sp³-hybridized carbons (Fsp3) is 0.160. The summed E-state index contributed by atoms with van der Waals surface area (Å²) in [6, 6.07) is 17.8. The fourth-order valence-electron chi connectivity index (χ4n) is 4.00. The van der Waals surface area contributed by atoms with E-state index in [9.17, 15) is 23.9 Å². The van der Waals surface area contributed by atoms with Crippen LogP contribution in [0.25, 0.3) is 11.8 Å². The van der Waals surface area contributed by atoms with Gasteiger partial charge >= 0.3 is 11.8 Å². The van der Waals surface area contributed by atoms with E-state index >= 15 is 0 Å². The highest BCUT2D eigenvalue weighted by atomic mass is 35.7. The molecule has 0 amide bonds. The third-order valence-electron chi connectivity index (χ3n) is 5.45. The summed E-state index contributed by atoms with van der Waals surface area (Å²) in [6.45, 7) is 0. The van der Waals surface area contributed by atoms with Crippen LogP contribution in [0.1, 0.15) is 32.6 Å². The Balaban J connectivity index is 2.00. The van der Waals surface area contributed by atoms with E-state index in [-0.39, 0.29) is 34.6 Å². The molecule has 35 heavy (non-hydrogen) atoms. The highest BCUT2D eigenvalue weighted by Gasteiger charge is 2.54. The lowest BCUT2D eigenvalue weighted by molar-refractivity contribution is -1.92. The summed E-state index contributed by atoms with van der Waals surface area (Å²) in [5.41, 5.74) is 1.25. The first-order valence-electron chi connectivity index (χ1n) is 10.3. The Bertz CT molecular complexity index is 1270. The first-order chi connectivity index (χ1) is 16.7. The summed E-state index contributed by atoms with van der Waals surface area (Å²) in [5, 5.41) is 9.70.